The van der Waals surface area contributed by atoms with E-state index in [-0.39, 0.29) is 0 Å². The van der Waals surface area contributed by atoms with Crippen molar-refractivity contribution in [2.24, 2.45) is 5.92 Å². The fourth-order valence-electron chi connectivity index (χ4n) is 2.77. The van der Waals surface area contributed by atoms with E-state index in [1.165, 1.54) is 35.6 Å². The van der Waals surface area contributed by atoms with E-state index in [0.29, 0.717) is 0 Å². The third-order valence-corrected chi connectivity index (χ3v) is 4.17. The first-order valence-electron chi connectivity index (χ1n) is 7.14. The molecule has 0 atom stereocenters. The Labute approximate surface area is 114 Å². The quantitative estimate of drug-likeness (QED) is 0.878. The second kappa shape index (κ2) is 5.62. The van der Waals surface area contributed by atoms with Gasteiger partial charge < -0.3 is 10.1 Å². The average molecular weight is 255 g/mol. The van der Waals surface area contributed by atoms with E-state index in [2.05, 4.69) is 41.7 Å². The molecule has 0 aliphatic heterocycles. The highest BCUT2D eigenvalue weighted by Gasteiger charge is 2.16. The Morgan fingerprint density at radius 3 is 2.58 bits per heavy atom. The molecule has 0 amide bonds. The van der Waals surface area contributed by atoms with Crippen LogP contribution >= 0.6 is 0 Å². The number of hydrogen-bond donors (Lipinski definition) is 1. The molecule has 0 saturated heterocycles. The van der Waals surface area contributed by atoms with E-state index in [4.69, 9.17) is 4.74 Å². The fraction of sp³-hybridized carbons (Fsp3) is 0.412. The molecule has 2 aromatic rings. The Kier molecular flexibility index (Phi) is 3.69. The van der Waals surface area contributed by atoms with Crippen LogP contribution in [0.3, 0.4) is 0 Å². The van der Waals surface area contributed by atoms with Gasteiger partial charge in [0, 0.05) is 11.9 Å². The van der Waals surface area contributed by atoms with Crippen molar-refractivity contribution < 1.29 is 4.74 Å². The smallest absolute Gasteiger partial charge is 0.126 e. The van der Waals surface area contributed by atoms with Gasteiger partial charge in [0.2, 0.25) is 0 Å². The van der Waals surface area contributed by atoms with Crippen molar-refractivity contribution in [3.63, 3.8) is 0 Å². The molecule has 0 heterocycles. The summed E-state index contributed by atoms with van der Waals surface area (Å²) in [6, 6.07) is 12.7. The first-order valence-corrected chi connectivity index (χ1v) is 7.14. The summed E-state index contributed by atoms with van der Waals surface area (Å²) < 4.78 is 5.43. The monoisotopic (exact) mass is 255 g/mol. The molecule has 0 aromatic heterocycles. The van der Waals surface area contributed by atoms with Crippen LogP contribution in [0.5, 0.6) is 5.75 Å². The van der Waals surface area contributed by atoms with Gasteiger partial charge in [0.1, 0.15) is 5.75 Å². The summed E-state index contributed by atoms with van der Waals surface area (Å²) in [6.45, 7) is 2.10. The Morgan fingerprint density at radius 2 is 1.89 bits per heavy atom. The molecular weight excluding hydrogens is 234 g/mol. The number of benzene rings is 2. The van der Waals surface area contributed by atoms with E-state index in [1.54, 1.807) is 7.11 Å². The molecule has 1 aliphatic carbocycles. The Bertz CT molecular complexity index is 560. The highest BCUT2D eigenvalue weighted by atomic mass is 16.5. The lowest BCUT2D eigenvalue weighted by molar-refractivity contribution is 0.301. The van der Waals surface area contributed by atoms with Crippen LogP contribution in [-0.2, 0) is 6.54 Å². The molecule has 0 unspecified atom stereocenters. The van der Waals surface area contributed by atoms with Gasteiger partial charge in [-0.25, -0.2) is 0 Å². The molecule has 2 nitrogen and oxygen atoms in total. The van der Waals surface area contributed by atoms with E-state index >= 15 is 0 Å². The summed E-state index contributed by atoms with van der Waals surface area (Å²) in [4.78, 5) is 0. The molecule has 19 heavy (non-hydrogen) atoms. The van der Waals surface area contributed by atoms with Crippen LogP contribution in [0.25, 0.3) is 10.8 Å². The molecule has 1 N–H and O–H groups in total. The van der Waals surface area contributed by atoms with Gasteiger partial charge in [-0.3, -0.25) is 0 Å². The van der Waals surface area contributed by atoms with E-state index in [1.807, 2.05) is 0 Å². The van der Waals surface area contributed by atoms with Gasteiger partial charge in [-0.05, 0) is 42.3 Å². The van der Waals surface area contributed by atoms with Crippen molar-refractivity contribution in [2.75, 3.05) is 13.7 Å². The van der Waals surface area contributed by atoms with Gasteiger partial charge in [-0.2, -0.15) is 0 Å². The maximum atomic E-state index is 5.43. The van der Waals surface area contributed by atoms with Crippen molar-refractivity contribution in [2.45, 2.75) is 25.8 Å². The van der Waals surface area contributed by atoms with Gasteiger partial charge >= 0.3 is 0 Å². The predicted molar refractivity (Wildman–Crippen MR) is 79.5 cm³/mol. The Balaban J connectivity index is 1.78. The Morgan fingerprint density at radius 1 is 1.11 bits per heavy atom. The van der Waals surface area contributed by atoms with Crippen molar-refractivity contribution in [1.29, 1.82) is 0 Å². The molecule has 1 saturated carbocycles. The van der Waals surface area contributed by atoms with Crippen LogP contribution < -0.4 is 10.1 Å². The molecular formula is C17H21NO. The number of rotatable bonds is 5. The van der Waals surface area contributed by atoms with Gasteiger partial charge in [0.05, 0.1) is 7.11 Å². The summed E-state index contributed by atoms with van der Waals surface area (Å²) in [6.07, 6.45) is 4.21. The summed E-state index contributed by atoms with van der Waals surface area (Å²) in [7, 11) is 1.73. The standard InChI is InChI=1S/C17H21NO/c1-19-17-10-9-14(12-18-11-13-5-4-6-13)15-7-2-3-8-16(15)17/h2-3,7-10,13,18H,4-6,11-12H2,1H3. The molecule has 2 aromatic carbocycles. The van der Waals surface area contributed by atoms with Gasteiger partial charge in [-0.1, -0.05) is 36.8 Å². The fourth-order valence-corrected chi connectivity index (χ4v) is 2.77. The van der Waals surface area contributed by atoms with Gasteiger partial charge in [-0.15, -0.1) is 0 Å². The second-order valence-corrected chi connectivity index (χ2v) is 5.40. The molecule has 3 rings (SSSR count). The summed E-state index contributed by atoms with van der Waals surface area (Å²) in [5.41, 5.74) is 1.36. The highest BCUT2D eigenvalue weighted by Crippen LogP contribution is 2.29. The largest absolute Gasteiger partial charge is 0.496 e. The number of hydrogen-bond acceptors (Lipinski definition) is 2. The predicted octanol–water partition coefficient (Wildman–Crippen LogP) is 3.74. The minimum Gasteiger partial charge on any atom is -0.496 e. The van der Waals surface area contributed by atoms with E-state index in [9.17, 15) is 0 Å². The Hall–Kier alpha value is -1.54. The SMILES string of the molecule is COc1ccc(CNCC2CCC2)c2ccccc12. The lowest BCUT2D eigenvalue weighted by Gasteiger charge is -2.25. The van der Waals surface area contributed by atoms with Crippen LogP contribution in [0.4, 0.5) is 0 Å². The molecule has 0 radical (unpaired) electrons. The van der Waals surface area contributed by atoms with E-state index < -0.39 is 0 Å². The van der Waals surface area contributed by atoms with Gasteiger partial charge in [0.15, 0.2) is 0 Å². The number of nitrogens with one attached hydrogen (secondary N) is 1. The van der Waals surface area contributed by atoms with Crippen molar-refractivity contribution in [3.8, 4) is 5.75 Å². The number of fused-ring (bicyclic) bond motifs is 1. The maximum absolute atomic E-state index is 5.43. The van der Waals surface area contributed by atoms with Crippen molar-refractivity contribution in [3.05, 3.63) is 42.0 Å². The van der Waals surface area contributed by atoms with Crippen LogP contribution in [0.15, 0.2) is 36.4 Å². The van der Waals surface area contributed by atoms with Crippen LogP contribution in [0.1, 0.15) is 24.8 Å². The summed E-state index contributed by atoms with van der Waals surface area (Å²) in [5.74, 6) is 1.86. The third kappa shape index (κ3) is 2.59. The minimum atomic E-state index is 0.907. The number of ether oxygens (including phenoxy) is 1. The van der Waals surface area contributed by atoms with Crippen molar-refractivity contribution in [1.82, 2.24) is 5.32 Å². The van der Waals surface area contributed by atoms with E-state index in [0.717, 1.165) is 24.8 Å². The summed E-state index contributed by atoms with van der Waals surface area (Å²) >= 11 is 0. The zero-order chi connectivity index (χ0) is 13.1. The van der Waals surface area contributed by atoms with Crippen molar-refractivity contribution >= 4 is 10.8 Å². The zero-order valence-electron chi connectivity index (χ0n) is 11.5. The molecule has 2 heteroatoms. The molecule has 1 aliphatic rings. The maximum Gasteiger partial charge on any atom is 0.126 e. The normalized spacial score (nSPS) is 15.4. The first kappa shape index (κ1) is 12.5. The highest BCUT2D eigenvalue weighted by molar-refractivity contribution is 5.91. The molecule has 0 spiro atoms. The minimum absolute atomic E-state index is 0.907. The van der Waals surface area contributed by atoms with Crippen LogP contribution in [0, 0.1) is 5.92 Å². The third-order valence-electron chi connectivity index (χ3n) is 4.17. The molecule has 1 fully saturated rings. The van der Waals surface area contributed by atoms with Gasteiger partial charge in [0.25, 0.3) is 0 Å². The average Bonchev–Trinajstić information content (AvgIpc) is 2.41. The number of methoxy groups -OCH3 is 1. The topological polar surface area (TPSA) is 21.3 Å². The second-order valence-electron chi connectivity index (χ2n) is 5.40. The first-order chi connectivity index (χ1) is 9.38. The zero-order valence-corrected chi connectivity index (χ0v) is 11.5. The summed E-state index contributed by atoms with van der Waals surface area (Å²) in [5, 5.41) is 6.09. The lowest BCUT2D eigenvalue weighted by Crippen LogP contribution is -2.26. The van der Waals surface area contributed by atoms with Crippen LogP contribution in [-0.4, -0.2) is 13.7 Å². The van der Waals surface area contributed by atoms with Crippen LogP contribution in [0.2, 0.25) is 0 Å². The lowest BCUT2D eigenvalue weighted by atomic mass is 9.85. The molecule has 100 valence electrons. The molecule has 0 bridgehead atoms.